The highest BCUT2D eigenvalue weighted by Crippen LogP contribution is 2.38. The van der Waals surface area contributed by atoms with Gasteiger partial charge in [-0.2, -0.15) is 0 Å². The first kappa shape index (κ1) is 16.5. The number of para-hydroxylation sites is 1. The van der Waals surface area contributed by atoms with Crippen LogP contribution < -0.4 is 10.6 Å². The molecule has 5 rings (SSSR count). The van der Waals surface area contributed by atoms with Gasteiger partial charge in [-0.3, -0.25) is 4.79 Å². The van der Waals surface area contributed by atoms with Crippen LogP contribution in [0.3, 0.4) is 0 Å². The number of fused-ring (bicyclic) bond motifs is 1. The number of aromatic amines is 1. The van der Waals surface area contributed by atoms with Crippen molar-refractivity contribution in [2.24, 2.45) is 0 Å². The normalized spacial score (nSPS) is 16.5. The summed E-state index contributed by atoms with van der Waals surface area (Å²) < 4.78 is 19.2. The van der Waals surface area contributed by atoms with Gasteiger partial charge in [-0.25, -0.2) is 4.39 Å². The molecule has 8 heteroatoms. The standard InChI is InChI=1S/C20H16FN5O2/c21-12-7-5-11(6-8-12)17-16(13-3-1-2-4-14(13)23-17)19-25-26-20(28-19)24-15-9-10-22-18(15)27/h1-8,15,23H,9-10H2,(H,22,27)(H,24,26). The molecule has 1 saturated heterocycles. The van der Waals surface area contributed by atoms with Crippen LogP contribution in [-0.4, -0.2) is 33.7 Å². The van der Waals surface area contributed by atoms with Crippen LogP contribution in [0, 0.1) is 5.82 Å². The van der Waals surface area contributed by atoms with Crippen molar-refractivity contribution in [1.82, 2.24) is 20.5 Å². The molecular formula is C20H16FN5O2. The van der Waals surface area contributed by atoms with Gasteiger partial charge < -0.3 is 20.0 Å². The summed E-state index contributed by atoms with van der Waals surface area (Å²) in [5.41, 5.74) is 3.20. The van der Waals surface area contributed by atoms with Gasteiger partial charge in [-0.1, -0.05) is 23.3 Å². The molecule has 1 amide bonds. The van der Waals surface area contributed by atoms with Crippen LogP contribution in [0.2, 0.25) is 0 Å². The number of carbonyl (C=O) groups excluding carboxylic acids is 1. The van der Waals surface area contributed by atoms with Crippen molar-refractivity contribution in [3.63, 3.8) is 0 Å². The molecule has 0 aliphatic carbocycles. The van der Waals surface area contributed by atoms with Crippen LogP contribution in [-0.2, 0) is 4.79 Å². The highest BCUT2D eigenvalue weighted by atomic mass is 19.1. The van der Waals surface area contributed by atoms with E-state index >= 15 is 0 Å². The fraction of sp³-hybridized carbons (Fsp3) is 0.150. The number of nitrogens with one attached hydrogen (secondary N) is 3. The first-order valence-corrected chi connectivity index (χ1v) is 8.94. The summed E-state index contributed by atoms with van der Waals surface area (Å²) in [4.78, 5) is 15.1. The number of aromatic nitrogens is 3. The first-order chi connectivity index (χ1) is 13.7. The third-order valence-electron chi connectivity index (χ3n) is 4.82. The van der Waals surface area contributed by atoms with Crippen molar-refractivity contribution >= 4 is 22.8 Å². The number of carbonyl (C=O) groups is 1. The maximum absolute atomic E-state index is 13.4. The number of rotatable bonds is 4. The van der Waals surface area contributed by atoms with Gasteiger partial charge in [0.25, 0.3) is 5.89 Å². The summed E-state index contributed by atoms with van der Waals surface area (Å²) in [6.07, 6.45) is 0.657. The average molecular weight is 377 g/mol. The largest absolute Gasteiger partial charge is 0.403 e. The molecule has 4 aromatic rings. The average Bonchev–Trinajstić information content (AvgIpc) is 3.41. The van der Waals surface area contributed by atoms with Gasteiger partial charge in [0.1, 0.15) is 11.9 Å². The topological polar surface area (TPSA) is 95.8 Å². The minimum absolute atomic E-state index is 0.0844. The van der Waals surface area contributed by atoms with Crippen molar-refractivity contribution < 1.29 is 13.6 Å². The predicted octanol–water partition coefficient (Wildman–Crippen LogP) is 3.32. The van der Waals surface area contributed by atoms with E-state index in [1.165, 1.54) is 12.1 Å². The number of hydrogen-bond donors (Lipinski definition) is 3. The van der Waals surface area contributed by atoms with Crippen molar-refractivity contribution in [1.29, 1.82) is 0 Å². The molecule has 3 N–H and O–H groups in total. The molecule has 28 heavy (non-hydrogen) atoms. The zero-order chi connectivity index (χ0) is 19.1. The molecule has 1 fully saturated rings. The highest BCUT2D eigenvalue weighted by Gasteiger charge is 2.26. The number of amides is 1. The monoisotopic (exact) mass is 377 g/mol. The van der Waals surface area contributed by atoms with E-state index in [0.29, 0.717) is 18.9 Å². The van der Waals surface area contributed by atoms with Crippen LogP contribution in [0.5, 0.6) is 0 Å². The van der Waals surface area contributed by atoms with E-state index in [1.807, 2.05) is 24.3 Å². The zero-order valence-electron chi connectivity index (χ0n) is 14.7. The Labute approximate surface area is 159 Å². The fourth-order valence-electron chi connectivity index (χ4n) is 3.46. The number of benzene rings is 2. The summed E-state index contributed by atoms with van der Waals surface area (Å²) >= 11 is 0. The maximum atomic E-state index is 13.4. The third-order valence-corrected chi connectivity index (χ3v) is 4.82. The Bertz CT molecular complexity index is 1170. The smallest absolute Gasteiger partial charge is 0.316 e. The molecule has 1 atom stereocenters. The van der Waals surface area contributed by atoms with Crippen LogP contribution in [0.1, 0.15) is 6.42 Å². The minimum Gasteiger partial charge on any atom is -0.403 e. The Hall–Kier alpha value is -3.68. The van der Waals surface area contributed by atoms with E-state index < -0.39 is 0 Å². The van der Waals surface area contributed by atoms with E-state index in [9.17, 15) is 9.18 Å². The summed E-state index contributed by atoms with van der Waals surface area (Å²) in [5.74, 6) is -0.0722. The second kappa shape index (κ2) is 6.49. The Morgan fingerprint density at radius 3 is 2.71 bits per heavy atom. The number of halogens is 1. The van der Waals surface area contributed by atoms with E-state index in [-0.39, 0.29) is 23.8 Å². The van der Waals surface area contributed by atoms with Gasteiger partial charge in [0, 0.05) is 17.4 Å². The van der Waals surface area contributed by atoms with Crippen molar-refractivity contribution in [2.45, 2.75) is 12.5 Å². The van der Waals surface area contributed by atoms with E-state index in [1.54, 1.807) is 12.1 Å². The van der Waals surface area contributed by atoms with Crippen LogP contribution >= 0.6 is 0 Å². The molecule has 3 heterocycles. The SMILES string of the molecule is O=C1NCCC1Nc1nnc(-c2c(-c3ccc(F)cc3)[nH]c3ccccc23)o1. The summed E-state index contributed by atoms with van der Waals surface area (Å²) in [6.45, 7) is 0.620. The second-order valence-electron chi connectivity index (χ2n) is 6.62. The van der Waals surface area contributed by atoms with Gasteiger partial charge in [0.2, 0.25) is 5.91 Å². The van der Waals surface area contributed by atoms with Crippen LogP contribution in [0.4, 0.5) is 10.4 Å². The molecule has 1 aliphatic heterocycles. The summed E-state index contributed by atoms with van der Waals surface area (Å²) in [7, 11) is 0. The molecule has 0 bridgehead atoms. The second-order valence-corrected chi connectivity index (χ2v) is 6.62. The molecule has 0 saturated carbocycles. The molecule has 1 aliphatic rings. The molecular weight excluding hydrogens is 361 g/mol. The fourth-order valence-corrected chi connectivity index (χ4v) is 3.46. The number of hydrogen-bond acceptors (Lipinski definition) is 5. The van der Waals surface area contributed by atoms with Crippen molar-refractivity contribution in [3.05, 3.63) is 54.3 Å². The molecule has 0 radical (unpaired) electrons. The van der Waals surface area contributed by atoms with Crippen molar-refractivity contribution in [3.8, 4) is 22.7 Å². The number of H-pyrrole nitrogens is 1. The van der Waals surface area contributed by atoms with Gasteiger partial charge in [-0.05, 0) is 42.3 Å². The number of anilines is 1. The third kappa shape index (κ3) is 2.79. The van der Waals surface area contributed by atoms with Gasteiger partial charge in [0.05, 0.1) is 11.3 Å². The van der Waals surface area contributed by atoms with E-state index in [2.05, 4.69) is 25.8 Å². The van der Waals surface area contributed by atoms with E-state index in [4.69, 9.17) is 4.42 Å². The first-order valence-electron chi connectivity index (χ1n) is 8.94. The van der Waals surface area contributed by atoms with Crippen LogP contribution in [0.25, 0.3) is 33.6 Å². The van der Waals surface area contributed by atoms with Gasteiger partial charge >= 0.3 is 6.01 Å². The molecule has 0 spiro atoms. The van der Waals surface area contributed by atoms with Crippen molar-refractivity contribution in [2.75, 3.05) is 11.9 Å². The number of nitrogens with zero attached hydrogens (tertiary/aromatic N) is 2. The Morgan fingerprint density at radius 2 is 1.93 bits per heavy atom. The minimum atomic E-state index is -0.382. The maximum Gasteiger partial charge on any atom is 0.316 e. The lowest BCUT2D eigenvalue weighted by atomic mass is 10.1. The molecule has 140 valence electrons. The lowest BCUT2D eigenvalue weighted by Gasteiger charge is -2.05. The quantitative estimate of drug-likeness (QED) is 0.507. The Kier molecular flexibility index (Phi) is 3.82. The van der Waals surface area contributed by atoms with Gasteiger partial charge in [-0.15, -0.1) is 5.10 Å². The van der Waals surface area contributed by atoms with Crippen LogP contribution in [0.15, 0.2) is 52.9 Å². The molecule has 1 unspecified atom stereocenters. The molecule has 2 aromatic carbocycles. The Balaban J connectivity index is 1.59. The molecule has 2 aromatic heterocycles. The zero-order valence-corrected chi connectivity index (χ0v) is 14.7. The Morgan fingerprint density at radius 1 is 1.11 bits per heavy atom. The highest BCUT2D eigenvalue weighted by molar-refractivity contribution is 6.01. The molecule has 7 nitrogen and oxygen atoms in total. The predicted molar refractivity (Wildman–Crippen MR) is 102 cm³/mol. The van der Waals surface area contributed by atoms with E-state index in [0.717, 1.165) is 27.7 Å². The summed E-state index contributed by atoms with van der Waals surface area (Å²) in [6, 6.07) is 13.8. The van der Waals surface area contributed by atoms with Gasteiger partial charge in [0.15, 0.2) is 0 Å². The summed E-state index contributed by atoms with van der Waals surface area (Å²) in [5, 5.41) is 14.9. The lowest BCUT2D eigenvalue weighted by Crippen LogP contribution is -2.29. The lowest BCUT2D eigenvalue weighted by molar-refractivity contribution is -0.119.